The molecular weight excluding hydrogens is 312 g/mol. The van der Waals surface area contributed by atoms with E-state index in [-0.39, 0.29) is 23.0 Å². The van der Waals surface area contributed by atoms with Crippen molar-refractivity contribution in [2.24, 2.45) is 10.1 Å². The number of nitro benzene ring substituents is 1. The van der Waals surface area contributed by atoms with E-state index in [1.807, 2.05) is 0 Å². The Balaban J connectivity index is 2.11. The molecule has 0 spiro atoms. The first-order valence-electron chi connectivity index (χ1n) is 5.86. The van der Waals surface area contributed by atoms with Crippen molar-refractivity contribution in [3.8, 4) is 11.3 Å². The first kappa shape index (κ1) is 13.9. The molecule has 0 aliphatic carbocycles. The second-order valence-corrected chi connectivity index (χ2v) is 5.65. The SMILES string of the molecule is NC1=NS(=O)(=O)Nc2ncc(-c3cccc([N+](=O)[O-])c3)nc21. The number of hydrogen-bond donors (Lipinski definition) is 2. The lowest BCUT2D eigenvalue weighted by molar-refractivity contribution is -0.384. The molecule has 11 heteroatoms. The maximum atomic E-state index is 11.4. The predicted molar refractivity (Wildman–Crippen MR) is 77.4 cm³/mol. The van der Waals surface area contributed by atoms with E-state index in [1.54, 1.807) is 6.07 Å². The number of aromatic nitrogens is 2. The first-order valence-corrected chi connectivity index (χ1v) is 7.30. The van der Waals surface area contributed by atoms with Crippen LogP contribution in [0.15, 0.2) is 34.9 Å². The maximum absolute atomic E-state index is 11.4. The van der Waals surface area contributed by atoms with Crippen molar-refractivity contribution in [3.05, 3.63) is 46.3 Å². The molecule has 1 aliphatic rings. The number of nitrogens with two attached hydrogens (primary N) is 1. The van der Waals surface area contributed by atoms with Gasteiger partial charge in [0.1, 0.15) is 5.69 Å². The summed E-state index contributed by atoms with van der Waals surface area (Å²) in [5, 5.41) is 10.8. The fraction of sp³-hybridized carbons (Fsp3) is 0. The molecule has 1 aromatic carbocycles. The van der Waals surface area contributed by atoms with Gasteiger partial charge in [-0.15, -0.1) is 4.40 Å². The smallest absolute Gasteiger partial charge is 0.345 e. The second-order valence-electron chi connectivity index (χ2n) is 4.31. The maximum Gasteiger partial charge on any atom is 0.345 e. The van der Waals surface area contributed by atoms with Gasteiger partial charge >= 0.3 is 10.2 Å². The van der Waals surface area contributed by atoms with Gasteiger partial charge in [-0.2, -0.15) is 8.42 Å². The topological polar surface area (TPSA) is 153 Å². The van der Waals surface area contributed by atoms with Gasteiger partial charge < -0.3 is 5.73 Å². The molecule has 1 aromatic heterocycles. The highest BCUT2D eigenvalue weighted by Gasteiger charge is 2.24. The molecule has 2 aromatic rings. The van der Waals surface area contributed by atoms with Gasteiger partial charge in [0.25, 0.3) is 5.69 Å². The number of nitrogens with one attached hydrogen (secondary N) is 1. The first-order chi connectivity index (χ1) is 10.4. The van der Waals surface area contributed by atoms with Crippen LogP contribution in [0.2, 0.25) is 0 Å². The summed E-state index contributed by atoms with van der Waals surface area (Å²) in [5.41, 5.74) is 6.29. The van der Waals surface area contributed by atoms with Crippen LogP contribution in [0, 0.1) is 10.1 Å². The monoisotopic (exact) mass is 320 g/mol. The van der Waals surface area contributed by atoms with E-state index in [4.69, 9.17) is 5.73 Å². The Morgan fingerprint density at radius 1 is 1.32 bits per heavy atom. The summed E-state index contributed by atoms with van der Waals surface area (Å²) >= 11 is 0. The summed E-state index contributed by atoms with van der Waals surface area (Å²) in [6.07, 6.45) is 1.29. The molecule has 3 N–H and O–H groups in total. The number of fused-ring (bicyclic) bond motifs is 1. The van der Waals surface area contributed by atoms with Crippen molar-refractivity contribution in [2.45, 2.75) is 0 Å². The Morgan fingerprint density at radius 2 is 2.09 bits per heavy atom. The van der Waals surface area contributed by atoms with E-state index < -0.39 is 15.1 Å². The number of non-ortho nitro benzene ring substituents is 1. The van der Waals surface area contributed by atoms with E-state index in [9.17, 15) is 18.5 Å². The van der Waals surface area contributed by atoms with Gasteiger partial charge in [0, 0.05) is 17.7 Å². The molecule has 0 fully saturated rings. The summed E-state index contributed by atoms with van der Waals surface area (Å²) in [7, 11) is -3.92. The molecule has 0 saturated carbocycles. The van der Waals surface area contributed by atoms with E-state index in [0.29, 0.717) is 11.3 Å². The van der Waals surface area contributed by atoms with Gasteiger partial charge in [0.2, 0.25) is 0 Å². The van der Waals surface area contributed by atoms with Crippen LogP contribution in [0.4, 0.5) is 11.5 Å². The molecule has 0 radical (unpaired) electrons. The van der Waals surface area contributed by atoms with Crippen LogP contribution in [0.25, 0.3) is 11.3 Å². The van der Waals surface area contributed by atoms with E-state index in [0.717, 1.165) is 0 Å². The van der Waals surface area contributed by atoms with Gasteiger partial charge in [-0.1, -0.05) is 12.1 Å². The highest BCUT2D eigenvalue weighted by molar-refractivity contribution is 7.91. The molecule has 3 rings (SSSR count). The normalized spacial score (nSPS) is 15.4. The molecule has 1 aliphatic heterocycles. The highest BCUT2D eigenvalue weighted by Crippen LogP contribution is 2.25. The average Bonchev–Trinajstić information content (AvgIpc) is 2.46. The predicted octanol–water partition coefficient (Wildman–Crippen LogP) is 0.427. The number of hydrogen-bond acceptors (Lipinski definition) is 7. The Bertz CT molecular complexity index is 924. The third-order valence-electron chi connectivity index (χ3n) is 2.81. The molecular formula is C11H8N6O4S. The van der Waals surface area contributed by atoms with Gasteiger partial charge in [0.05, 0.1) is 16.8 Å². The van der Waals surface area contributed by atoms with Gasteiger partial charge in [-0.3, -0.25) is 10.1 Å². The zero-order valence-electron chi connectivity index (χ0n) is 10.8. The quantitative estimate of drug-likeness (QED) is 0.600. The van der Waals surface area contributed by atoms with E-state index in [1.165, 1.54) is 24.4 Å². The average molecular weight is 320 g/mol. The highest BCUT2D eigenvalue weighted by atomic mass is 32.2. The Morgan fingerprint density at radius 3 is 2.82 bits per heavy atom. The van der Waals surface area contributed by atoms with Crippen molar-refractivity contribution in [2.75, 3.05) is 4.72 Å². The van der Waals surface area contributed by atoms with Crippen molar-refractivity contribution in [3.63, 3.8) is 0 Å². The molecule has 10 nitrogen and oxygen atoms in total. The number of nitrogens with zero attached hydrogens (tertiary/aromatic N) is 4. The van der Waals surface area contributed by atoms with Crippen molar-refractivity contribution in [1.82, 2.24) is 9.97 Å². The fourth-order valence-electron chi connectivity index (χ4n) is 1.88. The molecule has 0 atom stereocenters. The second kappa shape index (κ2) is 4.73. The Hall–Kier alpha value is -3.08. The molecule has 0 saturated heterocycles. The standard InChI is InChI=1S/C11H8N6O4S/c12-10-9-11(16-22(20,21)15-10)13-5-8(14-9)6-2-1-3-7(4-6)17(18)19/h1-5H,(H2,12,15)(H,13,16). The number of nitro groups is 1. The molecule has 22 heavy (non-hydrogen) atoms. The summed E-state index contributed by atoms with van der Waals surface area (Å²) in [6, 6.07) is 5.80. The zero-order chi connectivity index (χ0) is 15.9. The molecule has 112 valence electrons. The minimum absolute atomic E-state index is 0.0401. The van der Waals surface area contributed by atoms with Gasteiger partial charge in [-0.05, 0) is 0 Å². The van der Waals surface area contributed by atoms with Crippen LogP contribution in [-0.2, 0) is 10.2 Å². The van der Waals surface area contributed by atoms with Crippen LogP contribution in [-0.4, -0.2) is 29.1 Å². The van der Waals surface area contributed by atoms with Crippen molar-refractivity contribution < 1.29 is 13.3 Å². The number of anilines is 1. The number of rotatable bonds is 2. The third-order valence-corrected chi connectivity index (χ3v) is 3.70. The summed E-state index contributed by atoms with van der Waals surface area (Å²) in [4.78, 5) is 18.4. The minimum atomic E-state index is -3.92. The Labute approximate surface area is 124 Å². The fourth-order valence-corrected chi connectivity index (χ4v) is 2.66. The number of benzene rings is 1. The van der Waals surface area contributed by atoms with E-state index in [2.05, 4.69) is 19.1 Å². The zero-order valence-corrected chi connectivity index (χ0v) is 11.6. The van der Waals surface area contributed by atoms with Crippen LogP contribution in [0.5, 0.6) is 0 Å². The Kier molecular flexibility index (Phi) is 2.99. The van der Waals surface area contributed by atoms with Crippen LogP contribution < -0.4 is 10.5 Å². The molecule has 0 unspecified atom stereocenters. The summed E-state index contributed by atoms with van der Waals surface area (Å²) < 4.78 is 28.1. The lowest BCUT2D eigenvalue weighted by Gasteiger charge is -2.14. The minimum Gasteiger partial charge on any atom is -0.381 e. The summed E-state index contributed by atoms with van der Waals surface area (Å²) in [5.74, 6) is -0.338. The molecule has 0 amide bonds. The van der Waals surface area contributed by atoms with Gasteiger partial charge in [0.15, 0.2) is 11.7 Å². The summed E-state index contributed by atoms with van der Waals surface area (Å²) in [6.45, 7) is 0. The van der Waals surface area contributed by atoms with Crippen LogP contribution in [0.1, 0.15) is 5.69 Å². The largest absolute Gasteiger partial charge is 0.381 e. The van der Waals surface area contributed by atoms with Crippen LogP contribution in [0.3, 0.4) is 0 Å². The molecule has 2 heterocycles. The van der Waals surface area contributed by atoms with Crippen molar-refractivity contribution >= 4 is 27.6 Å². The third kappa shape index (κ3) is 2.44. The van der Waals surface area contributed by atoms with Gasteiger partial charge in [-0.25, -0.2) is 14.7 Å². The van der Waals surface area contributed by atoms with Crippen molar-refractivity contribution in [1.29, 1.82) is 0 Å². The number of amidine groups is 1. The lowest BCUT2D eigenvalue weighted by atomic mass is 10.1. The molecule has 0 bridgehead atoms. The lowest BCUT2D eigenvalue weighted by Crippen LogP contribution is -2.28. The van der Waals surface area contributed by atoms with Crippen LogP contribution >= 0.6 is 0 Å². The van der Waals surface area contributed by atoms with E-state index >= 15 is 0 Å².